The molecule has 2 aromatic carbocycles. The van der Waals surface area contributed by atoms with Crippen molar-refractivity contribution >= 4 is 34.5 Å². The summed E-state index contributed by atoms with van der Waals surface area (Å²) in [6.45, 7) is -1.59. The number of ether oxygens (including phenoxy) is 1. The Balaban J connectivity index is 1.32. The summed E-state index contributed by atoms with van der Waals surface area (Å²) in [5, 5.41) is 156. The van der Waals surface area contributed by atoms with Crippen LogP contribution in [0.3, 0.4) is 0 Å². The van der Waals surface area contributed by atoms with Gasteiger partial charge in [-0.3, -0.25) is 34.8 Å². The maximum atomic E-state index is 13.6. The van der Waals surface area contributed by atoms with Crippen LogP contribution in [0.5, 0.6) is 0 Å². The smallest absolute Gasteiger partial charge is 0.307 e. The second-order valence-corrected chi connectivity index (χ2v) is 19.8. The minimum atomic E-state index is -1.91. The number of nitrogens with one attached hydrogen (secondary N) is 6. The minimum absolute atomic E-state index is 0.119. The molecular formula is C50H84N10O18. The van der Waals surface area contributed by atoms with Gasteiger partial charge in [0.1, 0.15) is 67.4 Å². The number of methoxy groups -OCH3 is 1. The van der Waals surface area contributed by atoms with E-state index in [1.807, 2.05) is 41.3 Å². The number of aliphatic hydroxyl groups is 14. The maximum absolute atomic E-state index is 13.6. The molecule has 0 bridgehead atoms. The number of nitrogens with two attached hydrogens (primary N) is 1. The quantitative estimate of drug-likeness (QED) is 0.0146. The third-order valence-electron chi connectivity index (χ3n) is 13.7. The van der Waals surface area contributed by atoms with E-state index < -0.39 is 136 Å². The Labute approximate surface area is 451 Å². The summed E-state index contributed by atoms with van der Waals surface area (Å²) in [7, 11) is 3.05. The highest BCUT2D eigenvalue weighted by Gasteiger charge is 2.34. The lowest BCUT2D eigenvalue weighted by molar-refractivity contribution is -0.142. The van der Waals surface area contributed by atoms with E-state index in [-0.39, 0.29) is 45.2 Å². The third-order valence-corrected chi connectivity index (χ3v) is 13.7. The predicted molar refractivity (Wildman–Crippen MR) is 280 cm³/mol. The highest BCUT2D eigenvalue weighted by molar-refractivity contribution is 5.81. The van der Waals surface area contributed by atoms with Crippen LogP contribution in [0.2, 0.25) is 0 Å². The Kier molecular flexibility index (Phi) is 28.0. The lowest BCUT2D eigenvalue weighted by atomic mass is 10.0. The molecule has 0 radical (unpaired) electrons. The molecule has 1 aliphatic rings. The summed E-state index contributed by atoms with van der Waals surface area (Å²) < 4.78 is 4.92. The summed E-state index contributed by atoms with van der Waals surface area (Å²) in [6, 6.07) is 10.0. The molecule has 0 fully saturated rings. The van der Waals surface area contributed by atoms with Crippen LogP contribution < -0.4 is 32.3 Å². The van der Waals surface area contributed by atoms with Gasteiger partial charge in [0.25, 0.3) is 0 Å². The van der Waals surface area contributed by atoms with E-state index in [0.717, 1.165) is 16.6 Å². The first-order chi connectivity index (χ1) is 37.1. The number of carbonyl (C=O) groups excluding carboxylic acids is 3. The monoisotopic (exact) mass is 1110 g/mol. The summed E-state index contributed by atoms with van der Waals surface area (Å²) in [5.74, 6) is -1.10. The number of aliphatic hydroxyl groups excluding tert-OH is 14. The number of imidazole rings is 1. The highest BCUT2D eigenvalue weighted by atomic mass is 16.5. The average molecular weight is 1110 g/mol. The SMILES string of the molecule is COC(=O)CC1Nc2ccc([C@@H](O)N(C)Cc3nc4ccccc4[nH]3)cc2CN(CCCCCCNC(=O)[C@H](CC[C@@H](O)NC[C@@H](O)[C@H](O)[C@@H](O)[C@@H](O)CO)N[C@H](O)[C@@H](N)CCC(=O)NC[C@@H](O)[C@H](O)[C@H](O)[C@H](O)CO)[C@@H]1O. The highest BCUT2D eigenvalue weighted by Crippen LogP contribution is 2.31. The summed E-state index contributed by atoms with van der Waals surface area (Å²) in [5.41, 5.74) is 9.95. The lowest BCUT2D eigenvalue weighted by Crippen LogP contribution is -2.55. The Morgan fingerprint density at radius 3 is 2.12 bits per heavy atom. The molecule has 1 aromatic heterocycles. The van der Waals surface area contributed by atoms with Gasteiger partial charge in [-0.2, -0.15) is 0 Å². The van der Waals surface area contributed by atoms with Crippen LogP contribution in [0.4, 0.5) is 5.69 Å². The first-order valence-electron chi connectivity index (χ1n) is 26.1. The fourth-order valence-corrected chi connectivity index (χ4v) is 8.74. The number of aromatic amines is 1. The Hall–Kier alpha value is -4.64. The summed E-state index contributed by atoms with van der Waals surface area (Å²) >= 11 is 0. The van der Waals surface area contributed by atoms with E-state index in [1.165, 1.54) is 7.11 Å². The van der Waals surface area contributed by atoms with Crippen LogP contribution in [-0.2, 0) is 32.2 Å². The molecule has 2 amide bonds. The van der Waals surface area contributed by atoms with Gasteiger partial charge in [-0.15, -0.1) is 0 Å². The molecule has 15 atom stereocenters. The lowest BCUT2D eigenvalue weighted by Gasteiger charge is -2.30. The van der Waals surface area contributed by atoms with Gasteiger partial charge in [0.2, 0.25) is 11.8 Å². The molecule has 0 saturated carbocycles. The molecule has 28 nitrogen and oxygen atoms in total. The molecule has 1 aliphatic heterocycles. The number of esters is 1. The van der Waals surface area contributed by atoms with Crippen molar-refractivity contribution in [3.05, 3.63) is 59.4 Å². The molecule has 2 heterocycles. The second kappa shape index (κ2) is 33.2. The molecule has 442 valence electrons. The zero-order valence-corrected chi connectivity index (χ0v) is 44.0. The number of hydrogen-bond donors (Lipinski definition) is 21. The van der Waals surface area contributed by atoms with Gasteiger partial charge in [0.15, 0.2) is 0 Å². The van der Waals surface area contributed by atoms with E-state index in [2.05, 4.69) is 36.6 Å². The number of H-pyrrole nitrogens is 1. The first-order valence-corrected chi connectivity index (χ1v) is 26.1. The molecule has 0 spiro atoms. The molecule has 0 aliphatic carbocycles. The van der Waals surface area contributed by atoms with Gasteiger partial charge in [0, 0.05) is 50.9 Å². The molecule has 3 aromatic rings. The predicted octanol–water partition coefficient (Wildman–Crippen LogP) is -6.10. The van der Waals surface area contributed by atoms with Crippen molar-refractivity contribution in [3.8, 4) is 0 Å². The van der Waals surface area contributed by atoms with E-state index in [1.54, 1.807) is 18.0 Å². The van der Waals surface area contributed by atoms with Crippen molar-refractivity contribution in [1.29, 1.82) is 0 Å². The number of benzene rings is 2. The molecular weight excluding hydrogens is 1030 g/mol. The van der Waals surface area contributed by atoms with Gasteiger partial charge < -0.3 is 103 Å². The largest absolute Gasteiger partial charge is 0.469 e. The fourth-order valence-electron chi connectivity index (χ4n) is 8.74. The number of amides is 2. The Morgan fingerprint density at radius 2 is 1.46 bits per heavy atom. The van der Waals surface area contributed by atoms with Crippen LogP contribution in [0.25, 0.3) is 11.0 Å². The van der Waals surface area contributed by atoms with Crippen LogP contribution in [0, 0.1) is 0 Å². The third kappa shape index (κ3) is 20.5. The van der Waals surface area contributed by atoms with Crippen LogP contribution >= 0.6 is 0 Å². The Morgan fingerprint density at radius 1 is 0.821 bits per heavy atom. The number of carbonyl (C=O) groups is 3. The molecule has 4 rings (SSSR count). The zero-order chi connectivity index (χ0) is 57.6. The molecule has 22 N–H and O–H groups in total. The normalized spacial score (nSPS) is 20.1. The van der Waals surface area contributed by atoms with Crippen molar-refractivity contribution in [2.45, 2.75) is 163 Å². The van der Waals surface area contributed by atoms with E-state index in [0.29, 0.717) is 55.8 Å². The molecule has 0 saturated heterocycles. The van der Waals surface area contributed by atoms with Crippen LogP contribution in [0.15, 0.2) is 42.5 Å². The fraction of sp³-hybridized carbons (Fsp3) is 0.680. The van der Waals surface area contributed by atoms with Gasteiger partial charge in [-0.05, 0) is 74.5 Å². The summed E-state index contributed by atoms with van der Waals surface area (Å²) in [6.07, 6.45) is -18.1. The maximum Gasteiger partial charge on any atom is 0.307 e. The van der Waals surface area contributed by atoms with Crippen molar-refractivity contribution in [2.24, 2.45) is 5.73 Å². The summed E-state index contributed by atoms with van der Waals surface area (Å²) in [4.78, 5) is 50.1. The first kappa shape index (κ1) is 65.9. The minimum Gasteiger partial charge on any atom is -0.469 e. The van der Waals surface area contributed by atoms with Gasteiger partial charge in [0.05, 0.1) is 68.6 Å². The van der Waals surface area contributed by atoms with E-state index in [9.17, 15) is 75.7 Å². The van der Waals surface area contributed by atoms with Gasteiger partial charge in [-0.1, -0.05) is 31.0 Å². The number of fused-ring (bicyclic) bond motifs is 2. The molecule has 1 unspecified atom stereocenters. The van der Waals surface area contributed by atoms with Crippen LogP contribution in [0.1, 0.15) is 81.0 Å². The standard InChI is InChI=1S/C50H84N10O18/c1-59(24-39-56-31-9-5-6-10-32(31)57-39)49(76)27-11-13-30-28(19-27)23-60(50(77)34(55-30)20-42(69)78-2)18-8-4-3-7-17-52-48(75)33(14-16-41(68)54-22-36(64)44(71)46(73)38(66)26-62)58-47(74)29(51)12-15-40(67)53-21-35(63)43(70)45(72)37(65)25-61/h5-6,9-11,13,19,29,33-38,41,43-47,49-50,54-55,58,61-66,68,70-74,76-77H,3-4,7-8,12,14-18,20-26,51H2,1-2H3,(H,52,75)(H,53,67)(H,56,57)/t29-,33-,34?,35+,36+,37+,38-,41+,43-,44-,45+,46-,47+,49+,50+/m0/s1. The zero-order valence-electron chi connectivity index (χ0n) is 44.0. The van der Waals surface area contributed by atoms with Crippen molar-refractivity contribution < 1.29 is 90.6 Å². The number of hydrogen-bond acceptors (Lipinski definition) is 25. The number of para-hydroxylation sites is 2. The van der Waals surface area contributed by atoms with Crippen LogP contribution in [-0.4, -0.2) is 248 Å². The van der Waals surface area contributed by atoms with E-state index >= 15 is 0 Å². The van der Waals surface area contributed by atoms with Gasteiger partial charge in [-0.25, -0.2) is 4.98 Å². The van der Waals surface area contributed by atoms with Gasteiger partial charge >= 0.3 is 5.97 Å². The van der Waals surface area contributed by atoms with Crippen molar-refractivity contribution in [1.82, 2.24) is 41.0 Å². The second-order valence-electron chi connectivity index (χ2n) is 19.8. The van der Waals surface area contributed by atoms with E-state index in [4.69, 9.17) is 20.7 Å². The number of unbranched alkanes of at least 4 members (excludes halogenated alkanes) is 3. The van der Waals surface area contributed by atoms with Crippen molar-refractivity contribution in [3.63, 3.8) is 0 Å². The molecule has 78 heavy (non-hydrogen) atoms. The number of rotatable bonds is 36. The number of anilines is 1. The number of aromatic nitrogens is 2. The Bertz CT molecular complexity index is 2220. The van der Waals surface area contributed by atoms with Crippen molar-refractivity contribution in [2.75, 3.05) is 58.9 Å². The average Bonchev–Trinajstić information content (AvgIpc) is 3.83. The molecule has 28 heteroatoms. The number of nitrogens with zero attached hydrogens (tertiary/aromatic N) is 3. The topological polar surface area (TPSA) is 465 Å².